The maximum Gasteiger partial charge on any atom is 0.227 e. The van der Waals surface area contributed by atoms with E-state index in [-0.39, 0.29) is 30.8 Å². The van der Waals surface area contributed by atoms with E-state index in [9.17, 15) is 13.9 Å². The highest BCUT2D eigenvalue weighted by molar-refractivity contribution is 5.43. The van der Waals surface area contributed by atoms with E-state index in [1.807, 2.05) is 25.7 Å². The second-order valence-corrected chi connectivity index (χ2v) is 8.19. The lowest BCUT2D eigenvalue weighted by Gasteiger charge is -2.28. The lowest BCUT2D eigenvalue weighted by atomic mass is 10.2. The maximum atomic E-state index is 14.4. The SMILES string of the molecule is C#CCOCC(O)CN(Cc1c(C)nn(-c2ccc(F)cc2)c1Oc1ccccc1F)C(C)C. The number of para-hydroxylation sites is 1. The van der Waals surface area contributed by atoms with Crippen molar-refractivity contribution in [3.05, 3.63) is 71.4 Å². The molecule has 3 rings (SSSR count). The molecule has 1 aromatic heterocycles. The predicted octanol–water partition coefficient (Wildman–Crippen LogP) is 4.47. The summed E-state index contributed by atoms with van der Waals surface area (Å²) in [6.45, 7) is 6.78. The number of nitrogens with zero attached hydrogens (tertiary/aromatic N) is 3. The average Bonchev–Trinajstić information content (AvgIpc) is 3.10. The number of benzene rings is 2. The number of halogens is 2. The van der Waals surface area contributed by atoms with Crippen LogP contribution in [0, 0.1) is 30.9 Å². The van der Waals surface area contributed by atoms with Crippen LogP contribution in [-0.2, 0) is 11.3 Å². The number of aryl methyl sites for hydroxylation is 1. The van der Waals surface area contributed by atoms with Gasteiger partial charge in [0.1, 0.15) is 12.4 Å². The molecule has 8 heteroatoms. The van der Waals surface area contributed by atoms with Gasteiger partial charge in [-0.15, -0.1) is 6.42 Å². The number of rotatable bonds is 11. The Hall–Kier alpha value is -3.25. The number of hydrogen-bond donors (Lipinski definition) is 1. The van der Waals surface area contributed by atoms with Crippen molar-refractivity contribution in [1.82, 2.24) is 14.7 Å². The van der Waals surface area contributed by atoms with Gasteiger partial charge in [-0.1, -0.05) is 18.1 Å². The standard InChI is InChI=1S/C26H29F2N3O3/c1-5-14-33-17-22(32)15-30(18(2)3)16-23-19(4)29-31(21-12-10-20(27)11-13-21)26(23)34-25-9-7-6-8-24(25)28/h1,6-13,18,22,32H,14-17H2,2-4H3. The average molecular weight is 470 g/mol. The maximum absolute atomic E-state index is 14.4. The number of ether oxygens (including phenoxy) is 2. The summed E-state index contributed by atoms with van der Waals surface area (Å²) in [5, 5.41) is 15.0. The van der Waals surface area contributed by atoms with Crippen LogP contribution in [0.4, 0.5) is 8.78 Å². The molecule has 0 saturated heterocycles. The van der Waals surface area contributed by atoms with E-state index in [1.165, 1.54) is 28.9 Å². The van der Waals surface area contributed by atoms with Crippen LogP contribution in [0.2, 0.25) is 0 Å². The molecule has 0 fully saturated rings. The zero-order chi connectivity index (χ0) is 24.7. The third-order valence-corrected chi connectivity index (χ3v) is 5.28. The first kappa shape index (κ1) is 25.4. The van der Waals surface area contributed by atoms with Crippen LogP contribution < -0.4 is 4.74 Å². The van der Waals surface area contributed by atoms with Gasteiger partial charge in [0, 0.05) is 19.1 Å². The highest BCUT2D eigenvalue weighted by Crippen LogP contribution is 2.33. The van der Waals surface area contributed by atoms with Gasteiger partial charge in [-0.25, -0.2) is 13.5 Å². The zero-order valence-electron chi connectivity index (χ0n) is 19.5. The van der Waals surface area contributed by atoms with E-state index in [0.29, 0.717) is 30.4 Å². The molecule has 2 aromatic carbocycles. The largest absolute Gasteiger partial charge is 0.435 e. The minimum absolute atomic E-state index is 0.0471. The normalized spacial score (nSPS) is 12.2. The van der Waals surface area contributed by atoms with E-state index >= 15 is 0 Å². The summed E-state index contributed by atoms with van der Waals surface area (Å²) < 4.78 is 40.8. The van der Waals surface area contributed by atoms with Crippen LogP contribution in [0.1, 0.15) is 25.1 Å². The molecule has 1 unspecified atom stereocenters. The van der Waals surface area contributed by atoms with Crippen LogP contribution in [0.3, 0.4) is 0 Å². The van der Waals surface area contributed by atoms with Crippen LogP contribution in [-0.4, -0.2) is 51.7 Å². The quantitative estimate of drug-likeness (QED) is 0.332. The molecule has 6 nitrogen and oxygen atoms in total. The van der Waals surface area contributed by atoms with E-state index in [2.05, 4.69) is 11.0 Å². The summed E-state index contributed by atoms with van der Waals surface area (Å²) in [5.74, 6) is 1.85. The Morgan fingerprint density at radius 2 is 1.85 bits per heavy atom. The summed E-state index contributed by atoms with van der Waals surface area (Å²) in [5.41, 5.74) is 1.96. The number of hydrogen-bond acceptors (Lipinski definition) is 5. The first-order valence-electron chi connectivity index (χ1n) is 11.0. The predicted molar refractivity (Wildman–Crippen MR) is 126 cm³/mol. The second-order valence-electron chi connectivity index (χ2n) is 8.19. The van der Waals surface area contributed by atoms with Gasteiger partial charge < -0.3 is 14.6 Å². The van der Waals surface area contributed by atoms with E-state index < -0.39 is 11.9 Å². The first-order chi connectivity index (χ1) is 16.3. The lowest BCUT2D eigenvalue weighted by Crippen LogP contribution is -2.39. The molecule has 0 amide bonds. The van der Waals surface area contributed by atoms with Crippen molar-refractivity contribution in [2.45, 2.75) is 39.5 Å². The molecule has 34 heavy (non-hydrogen) atoms. The fourth-order valence-electron chi connectivity index (χ4n) is 3.45. The third-order valence-electron chi connectivity index (χ3n) is 5.28. The highest BCUT2D eigenvalue weighted by Gasteiger charge is 2.24. The third kappa shape index (κ3) is 6.41. The monoisotopic (exact) mass is 469 g/mol. The van der Waals surface area contributed by atoms with Gasteiger partial charge in [0.2, 0.25) is 5.88 Å². The molecule has 0 bridgehead atoms. The van der Waals surface area contributed by atoms with Crippen molar-refractivity contribution >= 4 is 0 Å². The molecule has 0 spiro atoms. The summed E-state index contributed by atoms with van der Waals surface area (Å²) >= 11 is 0. The second kappa shape index (κ2) is 11.7. The number of aliphatic hydroxyl groups excluding tert-OH is 1. The van der Waals surface area contributed by atoms with Crippen LogP contribution in [0.5, 0.6) is 11.6 Å². The summed E-state index contributed by atoms with van der Waals surface area (Å²) in [6, 6.07) is 12.0. The van der Waals surface area contributed by atoms with Crippen LogP contribution >= 0.6 is 0 Å². The Morgan fingerprint density at radius 3 is 2.50 bits per heavy atom. The number of aliphatic hydroxyl groups is 1. The molecule has 0 aliphatic rings. The minimum atomic E-state index is -0.751. The van der Waals surface area contributed by atoms with Crippen molar-refractivity contribution in [2.75, 3.05) is 19.8 Å². The topological polar surface area (TPSA) is 59.8 Å². The highest BCUT2D eigenvalue weighted by atomic mass is 19.1. The Bertz CT molecular complexity index is 1120. The lowest BCUT2D eigenvalue weighted by molar-refractivity contribution is 0.0190. The number of terminal acetylenes is 1. The molecule has 1 heterocycles. The zero-order valence-corrected chi connectivity index (χ0v) is 19.5. The molecule has 0 aliphatic carbocycles. The fraction of sp³-hybridized carbons (Fsp3) is 0.346. The smallest absolute Gasteiger partial charge is 0.227 e. The molecular weight excluding hydrogens is 440 g/mol. The van der Waals surface area contributed by atoms with Crippen molar-refractivity contribution in [1.29, 1.82) is 0 Å². The molecule has 0 aliphatic heterocycles. The molecule has 1 atom stereocenters. The Kier molecular flexibility index (Phi) is 8.77. The Labute approximate surface area is 198 Å². The molecule has 1 N–H and O–H groups in total. The van der Waals surface area contributed by atoms with Gasteiger partial charge in [0.25, 0.3) is 0 Å². The van der Waals surface area contributed by atoms with Gasteiger partial charge in [-0.2, -0.15) is 5.10 Å². The molecule has 180 valence electrons. The van der Waals surface area contributed by atoms with Gasteiger partial charge in [0.15, 0.2) is 11.6 Å². The van der Waals surface area contributed by atoms with Gasteiger partial charge in [-0.05, 0) is 57.2 Å². The molecular formula is C26H29F2N3O3. The van der Waals surface area contributed by atoms with E-state index in [4.69, 9.17) is 15.9 Å². The van der Waals surface area contributed by atoms with Crippen molar-refractivity contribution < 1.29 is 23.4 Å². The summed E-state index contributed by atoms with van der Waals surface area (Å²) in [6.07, 6.45) is 4.44. The van der Waals surface area contributed by atoms with Crippen molar-refractivity contribution in [3.63, 3.8) is 0 Å². The summed E-state index contributed by atoms with van der Waals surface area (Å²) in [4.78, 5) is 2.04. The Morgan fingerprint density at radius 1 is 1.15 bits per heavy atom. The van der Waals surface area contributed by atoms with Crippen LogP contribution in [0.15, 0.2) is 48.5 Å². The van der Waals surface area contributed by atoms with E-state index in [1.54, 1.807) is 24.3 Å². The molecule has 0 saturated carbocycles. The molecule has 0 radical (unpaired) electrons. The van der Waals surface area contributed by atoms with Crippen molar-refractivity contribution in [3.8, 4) is 29.7 Å². The number of aromatic nitrogens is 2. The van der Waals surface area contributed by atoms with Gasteiger partial charge in [0.05, 0.1) is 29.7 Å². The fourth-order valence-corrected chi connectivity index (χ4v) is 3.45. The minimum Gasteiger partial charge on any atom is -0.435 e. The Balaban J connectivity index is 1.97. The van der Waals surface area contributed by atoms with Gasteiger partial charge >= 0.3 is 0 Å². The van der Waals surface area contributed by atoms with Gasteiger partial charge in [-0.3, -0.25) is 4.90 Å². The van der Waals surface area contributed by atoms with Crippen molar-refractivity contribution in [2.24, 2.45) is 0 Å². The molecule has 3 aromatic rings. The van der Waals surface area contributed by atoms with E-state index in [0.717, 1.165) is 5.56 Å². The van der Waals surface area contributed by atoms with Crippen LogP contribution in [0.25, 0.3) is 5.69 Å². The summed E-state index contributed by atoms with van der Waals surface area (Å²) in [7, 11) is 0. The first-order valence-corrected chi connectivity index (χ1v) is 11.0.